The van der Waals surface area contributed by atoms with Crippen molar-refractivity contribution in [1.29, 1.82) is 0 Å². The molecule has 19 heavy (non-hydrogen) atoms. The van der Waals surface area contributed by atoms with Gasteiger partial charge in [-0.1, -0.05) is 39.0 Å². The molecule has 0 bridgehead atoms. The van der Waals surface area contributed by atoms with Crippen molar-refractivity contribution in [2.45, 2.75) is 32.6 Å². The second-order valence-electron chi connectivity index (χ2n) is 5.97. The molecule has 1 amide bonds. The first-order chi connectivity index (χ1) is 8.48. The first-order valence-corrected chi connectivity index (χ1v) is 6.59. The van der Waals surface area contributed by atoms with E-state index < -0.39 is 0 Å². The highest BCUT2D eigenvalue weighted by Crippen LogP contribution is 2.29. The SMILES string of the molecule is CC(C)(C)c1ccccc1NC(=O)C1CCNC1.Cl. The van der Waals surface area contributed by atoms with Gasteiger partial charge in [-0.2, -0.15) is 0 Å². The van der Waals surface area contributed by atoms with Crippen LogP contribution >= 0.6 is 12.4 Å². The summed E-state index contributed by atoms with van der Waals surface area (Å²) < 4.78 is 0. The molecule has 1 atom stereocenters. The Morgan fingerprint density at radius 1 is 1.32 bits per heavy atom. The van der Waals surface area contributed by atoms with Gasteiger partial charge in [-0.3, -0.25) is 4.79 Å². The number of carbonyl (C=O) groups excluding carboxylic acids is 1. The molecule has 2 rings (SSSR count). The predicted molar refractivity (Wildman–Crippen MR) is 82.0 cm³/mol. The van der Waals surface area contributed by atoms with Crippen LogP contribution in [0.3, 0.4) is 0 Å². The van der Waals surface area contributed by atoms with Crippen LogP contribution in [0.4, 0.5) is 5.69 Å². The zero-order valence-electron chi connectivity index (χ0n) is 11.8. The third-order valence-electron chi connectivity index (χ3n) is 3.42. The average molecular weight is 283 g/mol. The van der Waals surface area contributed by atoms with Crippen molar-refractivity contribution in [1.82, 2.24) is 5.32 Å². The summed E-state index contributed by atoms with van der Waals surface area (Å²) in [5, 5.41) is 6.30. The number of amides is 1. The quantitative estimate of drug-likeness (QED) is 0.876. The van der Waals surface area contributed by atoms with E-state index >= 15 is 0 Å². The molecular weight excluding hydrogens is 260 g/mol. The molecule has 3 nitrogen and oxygen atoms in total. The van der Waals surface area contributed by atoms with Gasteiger partial charge in [-0.05, 0) is 30.0 Å². The highest BCUT2D eigenvalue weighted by Gasteiger charge is 2.24. The third-order valence-corrected chi connectivity index (χ3v) is 3.42. The molecule has 0 saturated carbocycles. The van der Waals surface area contributed by atoms with Crippen molar-refractivity contribution in [2.75, 3.05) is 18.4 Å². The van der Waals surface area contributed by atoms with Gasteiger partial charge in [0.25, 0.3) is 0 Å². The number of hydrogen-bond donors (Lipinski definition) is 2. The van der Waals surface area contributed by atoms with Crippen LogP contribution in [0.15, 0.2) is 24.3 Å². The molecule has 0 spiro atoms. The predicted octanol–water partition coefficient (Wildman–Crippen LogP) is 2.95. The number of para-hydroxylation sites is 1. The van der Waals surface area contributed by atoms with Crippen LogP contribution in [0, 0.1) is 5.92 Å². The topological polar surface area (TPSA) is 41.1 Å². The highest BCUT2D eigenvalue weighted by molar-refractivity contribution is 5.93. The van der Waals surface area contributed by atoms with Gasteiger partial charge in [0.2, 0.25) is 5.91 Å². The molecule has 1 fully saturated rings. The Morgan fingerprint density at radius 3 is 2.58 bits per heavy atom. The van der Waals surface area contributed by atoms with E-state index in [9.17, 15) is 4.79 Å². The molecule has 2 N–H and O–H groups in total. The minimum absolute atomic E-state index is 0. The summed E-state index contributed by atoms with van der Waals surface area (Å²) >= 11 is 0. The summed E-state index contributed by atoms with van der Waals surface area (Å²) in [4.78, 5) is 12.1. The van der Waals surface area contributed by atoms with Gasteiger partial charge in [0.15, 0.2) is 0 Å². The fourth-order valence-corrected chi connectivity index (χ4v) is 2.36. The van der Waals surface area contributed by atoms with Gasteiger partial charge in [0.1, 0.15) is 0 Å². The number of anilines is 1. The van der Waals surface area contributed by atoms with Gasteiger partial charge >= 0.3 is 0 Å². The van der Waals surface area contributed by atoms with Crippen molar-refractivity contribution >= 4 is 24.0 Å². The fraction of sp³-hybridized carbons (Fsp3) is 0.533. The molecule has 1 aliphatic rings. The van der Waals surface area contributed by atoms with Crippen molar-refractivity contribution in [3.8, 4) is 0 Å². The lowest BCUT2D eigenvalue weighted by Crippen LogP contribution is -2.26. The maximum absolute atomic E-state index is 12.1. The van der Waals surface area contributed by atoms with Gasteiger partial charge in [0.05, 0.1) is 5.92 Å². The van der Waals surface area contributed by atoms with E-state index in [2.05, 4.69) is 37.5 Å². The molecule has 1 heterocycles. The second-order valence-corrected chi connectivity index (χ2v) is 5.97. The Hall–Kier alpha value is -1.06. The zero-order chi connectivity index (χ0) is 13.2. The summed E-state index contributed by atoms with van der Waals surface area (Å²) in [6.07, 6.45) is 0.934. The van der Waals surface area contributed by atoms with Crippen molar-refractivity contribution in [2.24, 2.45) is 5.92 Å². The van der Waals surface area contributed by atoms with Crippen molar-refractivity contribution < 1.29 is 4.79 Å². The van der Waals surface area contributed by atoms with Crippen LogP contribution in [0.2, 0.25) is 0 Å². The van der Waals surface area contributed by atoms with Gasteiger partial charge in [-0.15, -0.1) is 12.4 Å². The first kappa shape index (κ1) is 16.0. The van der Waals surface area contributed by atoms with E-state index in [1.165, 1.54) is 5.56 Å². The second kappa shape index (κ2) is 6.40. The van der Waals surface area contributed by atoms with E-state index in [0.29, 0.717) is 0 Å². The monoisotopic (exact) mass is 282 g/mol. The number of benzene rings is 1. The Morgan fingerprint density at radius 2 is 2.00 bits per heavy atom. The lowest BCUT2D eigenvalue weighted by Gasteiger charge is -2.23. The standard InChI is InChI=1S/C15H22N2O.ClH/c1-15(2,3)12-6-4-5-7-13(12)17-14(18)11-8-9-16-10-11;/h4-7,11,16H,8-10H2,1-3H3,(H,17,18);1H. The maximum Gasteiger partial charge on any atom is 0.228 e. The van der Waals surface area contributed by atoms with E-state index in [0.717, 1.165) is 25.2 Å². The highest BCUT2D eigenvalue weighted by atomic mass is 35.5. The van der Waals surface area contributed by atoms with E-state index in [4.69, 9.17) is 0 Å². The van der Waals surface area contributed by atoms with Crippen molar-refractivity contribution in [3.63, 3.8) is 0 Å². The summed E-state index contributed by atoms with van der Waals surface area (Å²) in [7, 11) is 0. The van der Waals surface area contributed by atoms with Crippen molar-refractivity contribution in [3.05, 3.63) is 29.8 Å². The normalized spacial score (nSPS) is 18.8. The molecule has 106 valence electrons. The average Bonchev–Trinajstić information content (AvgIpc) is 2.81. The molecule has 0 aliphatic carbocycles. The molecule has 1 unspecified atom stereocenters. The Bertz CT molecular complexity index is 434. The minimum atomic E-state index is 0. The lowest BCUT2D eigenvalue weighted by molar-refractivity contribution is -0.119. The Kier molecular flexibility index (Phi) is 5.39. The van der Waals surface area contributed by atoms with Gasteiger partial charge in [0, 0.05) is 12.2 Å². The number of nitrogens with one attached hydrogen (secondary N) is 2. The van der Waals surface area contributed by atoms with Gasteiger partial charge < -0.3 is 10.6 Å². The minimum Gasteiger partial charge on any atom is -0.326 e. The summed E-state index contributed by atoms with van der Waals surface area (Å²) in [5.74, 6) is 0.245. The van der Waals surface area contributed by atoms with E-state index in [1.54, 1.807) is 0 Å². The fourth-order valence-electron chi connectivity index (χ4n) is 2.36. The number of halogens is 1. The third kappa shape index (κ3) is 3.95. The molecule has 1 aromatic carbocycles. The van der Waals surface area contributed by atoms with E-state index in [1.807, 2.05) is 18.2 Å². The van der Waals surface area contributed by atoms with Crippen LogP contribution in [0.5, 0.6) is 0 Å². The number of carbonyl (C=O) groups is 1. The summed E-state index contributed by atoms with van der Waals surface area (Å²) in [6, 6.07) is 8.06. The van der Waals surface area contributed by atoms with Crippen LogP contribution in [-0.4, -0.2) is 19.0 Å². The molecule has 4 heteroatoms. The first-order valence-electron chi connectivity index (χ1n) is 6.59. The maximum atomic E-state index is 12.1. The van der Waals surface area contributed by atoms with E-state index in [-0.39, 0.29) is 29.6 Å². The smallest absolute Gasteiger partial charge is 0.228 e. The molecule has 1 saturated heterocycles. The zero-order valence-corrected chi connectivity index (χ0v) is 12.6. The Balaban J connectivity index is 0.00000180. The Labute approximate surface area is 121 Å². The number of hydrogen-bond acceptors (Lipinski definition) is 2. The molecule has 0 aromatic heterocycles. The van der Waals surface area contributed by atoms with Crippen LogP contribution in [0.25, 0.3) is 0 Å². The summed E-state index contributed by atoms with van der Waals surface area (Å²) in [5.41, 5.74) is 2.17. The number of rotatable bonds is 2. The molecule has 0 radical (unpaired) electrons. The van der Waals surface area contributed by atoms with Crippen LogP contribution < -0.4 is 10.6 Å². The van der Waals surface area contributed by atoms with Crippen LogP contribution in [0.1, 0.15) is 32.8 Å². The molecule has 1 aromatic rings. The van der Waals surface area contributed by atoms with Gasteiger partial charge in [-0.25, -0.2) is 0 Å². The van der Waals surface area contributed by atoms with Crippen LogP contribution in [-0.2, 0) is 10.2 Å². The lowest BCUT2D eigenvalue weighted by atomic mass is 9.85. The summed E-state index contributed by atoms with van der Waals surface area (Å²) in [6.45, 7) is 8.22. The molecular formula is C15H23ClN2O. The molecule has 1 aliphatic heterocycles. The largest absolute Gasteiger partial charge is 0.326 e.